The van der Waals surface area contributed by atoms with Gasteiger partial charge in [-0.25, -0.2) is 4.79 Å². The smallest absolute Gasteiger partial charge is 0.449 e. The number of hydrogen-bond acceptors (Lipinski definition) is 2. The predicted molar refractivity (Wildman–Crippen MR) is 129 cm³/mol. The fraction of sp³-hybridized carbons (Fsp3) is 0.208. The van der Waals surface area contributed by atoms with Gasteiger partial charge in [-0.15, -0.1) is 5.46 Å². The summed E-state index contributed by atoms with van der Waals surface area (Å²) in [7, 11) is 0. The normalized spacial score (nSPS) is 12.9. The van der Waals surface area contributed by atoms with Crippen molar-refractivity contribution in [3.05, 3.63) is 86.0 Å². The van der Waals surface area contributed by atoms with Gasteiger partial charge in [0.05, 0.1) is 0 Å². The number of alkyl carbamates (subject to hydrolysis) is 1. The first kappa shape index (κ1) is 22.7. The molecule has 0 fully saturated rings. The van der Waals surface area contributed by atoms with Crippen molar-refractivity contribution in [2.45, 2.75) is 26.3 Å². The maximum atomic E-state index is 13.4. The van der Waals surface area contributed by atoms with Gasteiger partial charge >= 0.3 is 13.1 Å². The third-order valence-corrected chi connectivity index (χ3v) is 7.64. The Morgan fingerprint density at radius 3 is 2.12 bits per heavy atom. The van der Waals surface area contributed by atoms with Gasteiger partial charge in [0.2, 0.25) is 0 Å². The van der Waals surface area contributed by atoms with Crippen LogP contribution >= 0.6 is 22.6 Å². The van der Waals surface area contributed by atoms with Crippen LogP contribution in [0.4, 0.5) is 17.7 Å². The van der Waals surface area contributed by atoms with Crippen LogP contribution in [0.2, 0.25) is 0 Å². The van der Waals surface area contributed by atoms with Crippen LogP contribution in [0.3, 0.4) is 0 Å². The van der Waals surface area contributed by atoms with E-state index in [0.29, 0.717) is 9.13 Å². The van der Waals surface area contributed by atoms with E-state index in [1.807, 2.05) is 59.0 Å². The number of carbonyl (C=O) groups excluding carboxylic acids is 1. The molecule has 8 heteroatoms. The van der Waals surface area contributed by atoms with Crippen LogP contribution in [0.15, 0.2) is 54.6 Å². The van der Waals surface area contributed by atoms with Gasteiger partial charge in [0.25, 0.3) is 0 Å². The van der Waals surface area contributed by atoms with Crippen molar-refractivity contribution < 1.29 is 22.5 Å². The molecular formula is C24H21BF3INO2-. The summed E-state index contributed by atoms with van der Waals surface area (Å²) in [6.07, 6.45) is -0.652. The molecule has 0 saturated heterocycles. The van der Waals surface area contributed by atoms with Gasteiger partial charge in [-0.3, -0.25) is 0 Å². The first-order chi connectivity index (χ1) is 15.2. The second-order valence-electron chi connectivity index (χ2n) is 7.94. The van der Waals surface area contributed by atoms with Gasteiger partial charge in [0, 0.05) is 16.0 Å². The molecule has 4 rings (SSSR count). The molecule has 0 aromatic heterocycles. The Labute approximate surface area is 198 Å². The molecule has 0 radical (unpaired) electrons. The second kappa shape index (κ2) is 8.81. The summed E-state index contributed by atoms with van der Waals surface area (Å²) in [5, 5.41) is 2.61. The molecule has 0 heterocycles. The van der Waals surface area contributed by atoms with Crippen molar-refractivity contribution in [1.82, 2.24) is 5.32 Å². The average molecular weight is 550 g/mol. The Morgan fingerprint density at radius 1 is 1.00 bits per heavy atom. The van der Waals surface area contributed by atoms with Gasteiger partial charge in [0.1, 0.15) is 6.61 Å². The monoisotopic (exact) mass is 550 g/mol. The van der Waals surface area contributed by atoms with Gasteiger partial charge in [-0.2, -0.15) is 0 Å². The lowest BCUT2D eigenvalue weighted by molar-refractivity contribution is 0.142. The Balaban J connectivity index is 1.46. The second-order valence-corrected chi connectivity index (χ2v) is 9.02. The zero-order chi connectivity index (χ0) is 23.0. The minimum Gasteiger partial charge on any atom is -0.449 e. The Hall–Kier alpha value is -2.49. The summed E-state index contributed by atoms with van der Waals surface area (Å²) in [6, 6.07) is 17.2. The molecule has 1 amide bonds. The van der Waals surface area contributed by atoms with Crippen molar-refractivity contribution in [3.8, 4) is 11.1 Å². The van der Waals surface area contributed by atoms with E-state index < -0.39 is 18.5 Å². The lowest BCUT2D eigenvalue weighted by Gasteiger charge is -2.22. The molecule has 3 aromatic carbocycles. The fourth-order valence-corrected chi connectivity index (χ4v) is 4.95. The number of hydrogen-bond donors (Lipinski definition) is 1. The molecule has 1 N–H and O–H groups in total. The molecule has 1 aliphatic rings. The molecule has 3 aromatic rings. The van der Waals surface area contributed by atoms with Crippen LogP contribution in [0, 0.1) is 17.4 Å². The highest BCUT2D eigenvalue weighted by Gasteiger charge is 2.30. The van der Waals surface area contributed by atoms with E-state index in [4.69, 9.17) is 4.74 Å². The van der Waals surface area contributed by atoms with E-state index in [2.05, 4.69) is 17.4 Å². The lowest BCUT2D eigenvalue weighted by atomic mass is 9.75. The van der Waals surface area contributed by atoms with Crippen LogP contribution in [0.25, 0.3) is 11.1 Å². The number of carbonyl (C=O) groups is 1. The van der Waals surface area contributed by atoms with Gasteiger partial charge in [-0.1, -0.05) is 60.2 Å². The van der Waals surface area contributed by atoms with Crippen molar-refractivity contribution in [2.75, 3.05) is 6.61 Å². The summed E-state index contributed by atoms with van der Waals surface area (Å²) >= 11 is 1.93. The van der Waals surface area contributed by atoms with E-state index in [1.54, 1.807) is 6.92 Å². The molecule has 0 atom stereocenters. The quantitative estimate of drug-likeness (QED) is 0.313. The molecule has 0 unspecified atom stereocenters. The highest BCUT2D eigenvalue weighted by Crippen LogP contribution is 2.44. The molecule has 166 valence electrons. The highest BCUT2D eigenvalue weighted by atomic mass is 127. The third-order valence-electron chi connectivity index (χ3n) is 6.02. The molecule has 0 bridgehead atoms. The first-order valence-electron chi connectivity index (χ1n) is 10.3. The van der Waals surface area contributed by atoms with Gasteiger partial charge in [0.15, 0.2) is 0 Å². The largest absolute Gasteiger partial charge is 0.509 e. The third kappa shape index (κ3) is 4.24. The van der Waals surface area contributed by atoms with Gasteiger partial charge < -0.3 is 23.0 Å². The van der Waals surface area contributed by atoms with E-state index in [-0.39, 0.29) is 24.6 Å². The summed E-state index contributed by atoms with van der Waals surface area (Å²) in [6.45, 7) is -1.77. The Kier molecular flexibility index (Phi) is 6.25. The zero-order valence-electron chi connectivity index (χ0n) is 17.6. The van der Waals surface area contributed by atoms with Crippen LogP contribution in [-0.4, -0.2) is 19.7 Å². The number of rotatable bonds is 5. The van der Waals surface area contributed by atoms with E-state index in [0.717, 1.165) is 33.9 Å². The van der Waals surface area contributed by atoms with E-state index >= 15 is 0 Å². The van der Waals surface area contributed by atoms with E-state index in [9.17, 15) is 17.7 Å². The Bertz CT molecular complexity index is 1150. The molecule has 0 aliphatic heterocycles. The molecule has 32 heavy (non-hydrogen) atoms. The molecule has 1 aliphatic carbocycles. The molecular weight excluding hydrogens is 529 g/mol. The lowest BCUT2D eigenvalue weighted by Crippen LogP contribution is -2.38. The minimum absolute atomic E-state index is 0.0298. The topological polar surface area (TPSA) is 38.3 Å². The van der Waals surface area contributed by atoms with Crippen molar-refractivity contribution in [3.63, 3.8) is 0 Å². The number of ether oxygens (including phenoxy) is 1. The maximum Gasteiger partial charge on any atom is 0.509 e. The maximum absolute atomic E-state index is 13.4. The van der Waals surface area contributed by atoms with E-state index in [1.165, 1.54) is 6.92 Å². The number of amides is 1. The van der Waals surface area contributed by atoms with Crippen molar-refractivity contribution >= 4 is 41.1 Å². The molecule has 0 spiro atoms. The average Bonchev–Trinajstić information content (AvgIpc) is 3.08. The summed E-state index contributed by atoms with van der Waals surface area (Å²) in [5.74, 6) is -0.0743. The number of benzene rings is 3. The summed E-state index contributed by atoms with van der Waals surface area (Å²) in [4.78, 5) is 12.4. The standard InChI is InChI=1S/C24H21BF3INO2/c1-14-16(11-22(25(26,27)28)15(2)23(14)29)12-30-24(31)32-13-21-19-9-5-3-7-17(19)18-8-4-6-10-20(18)21/h3-11,21H,12-13H2,1-2H3,(H,30,31)/q-1. The number of nitrogens with one attached hydrogen (secondary N) is 1. The Morgan fingerprint density at radius 2 is 1.56 bits per heavy atom. The zero-order valence-corrected chi connectivity index (χ0v) is 19.8. The van der Waals surface area contributed by atoms with Crippen LogP contribution < -0.4 is 10.8 Å². The number of fused-ring (bicyclic) bond motifs is 3. The summed E-state index contributed by atoms with van der Waals surface area (Å²) < 4.78 is 46.3. The van der Waals surface area contributed by atoms with Crippen molar-refractivity contribution in [1.29, 1.82) is 0 Å². The fourth-order valence-electron chi connectivity index (χ4n) is 4.29. The van der Waals surface area contributed by atoms with Crippen LogP contribution in [0.1, 0.15) is 33.7 Å². The minimum atomic E-state index is -5.13. The SMILES string of the molecule is Cc1c(CNC(=O)OCC2c3ccccc3-c3ccccc32)cc([B-](F)(F)F)c(C)c1I. The molecule has 0 saturated carbocycles. The van der Waals surface area contributed by atoms with Gasteiger partial charge in [-0.05, 0) is 69.8 Å². The van der Waals surface area contributed by atoms with Crippen LogP contribution in [0.5, 0.6) is 0 Å². The predicted octanol–water partition coefficient (Wildman–Crippen LogP) is 6.00. The highest BCUT2D eigenvalue weighted by molar-refractivity contribution is 14.1. The number of halogens is 4. The molecule has 3 nitrogen and oxygen atoms in total. The first-order valence-corrected chi connectivity index (χ1v) is 11.3. The van der Waals surface area contributed by atoms with Crippen molar-refractivity contribution in [2.24, 2.45) is 0 Å². The summed E-state index contributed by atoms with van der Waals surface area (Å²) in [5.41, 5.74) is 5.22. The van der Waals surface area contributed by atoms with Crippen LogP contribution in [-0.2, 0) is 11.3 Å².